The lowest BCUT2D eigenvalue weighted by molar-refractivity contribution is 0.491. The van der Waals surface area contributed by atoms with Crippen molar-refractivity contribution in [2.24, 2.45) is 11.8 Å². The summed E-state index contributed by atoms with van der Waals surface area (Å²) in [4.78, 5) is 0.0967. The molecular weight excluding hydrogens is 279 g/mol. The van der Waals surface area contributed by atoms with Gasteiger partial charge in [0.2, 0.25) is 10.0 Å². The van der Waals surface area contributed by atoms with Gasteiger partial charge in [-0.15, -0.1) is 0 Å². The molecule has 0 spiro atoms. The normalized spacial score (nSPS) is 17.2. The fourth-order valence-corrected chi connectivity index (χ4v) is 4.11. The van der Waals surface area contributed by atoms with Crippen molar-refractivity contribution in [2.75, 3.05) is 12.3 Å². The zero-order chi connectivity index (χ0) is 15.1. The molecule has 0 aromatic heterocycles. The van der Waals surface area contributed by atoms with E-state index in [-0.39, 0.29) is 16.1 Å². The third kappa shape index (κ3) is 2.96. The first-order valence-electron chi connectivity index (χ1n) is 6.79. The topological polar surface area (TPSA) is 72.2 Å². The van der Waals surface area contributed by atoms with E-state index in [1.165, 1.54) is 25.8 Å². The Bertz CT molecular complexity index is 625. The number of aryl methyl sites for hydroxylation is 1. The smallest absolute Gasteiger partial charge is 0.241 e. The predicted octanol–water partition coefficient (Wildman–Crippen LogP) is 2.35. The van der Waals surface area contributed by atoms with Crippen molar-refractivity contribution in [1.82, 2.24) is 4.72 Å². The molecule has 0 radical (unpaired) electrons. The molecule has 1 unspecified atom stereocenters. The van der Waals surface area contributed by atoms with Gasteiger partial charge in [-0.1, -0.05) is 6.92 Å². The summed E-state index contributed by atoms with van der Waals surface area (Å²) in [7, 11) is -3.66. The predicted molar refractivity (Wildman–Crippen MR) is 77.4 cm³/mol. The van der Waals surface area contributed by atoms with Crippen LogP contribution >= 0.6 is 0 Å². The SMILES string of the molecule is Cc1cc(F)c(N)c(C)c1S(=O)(=O)NCC(C)C1CC1. The average Bonchev–Trinajstić information content (AvgIpc) is 3.17. The molecule has 112 valence electrons. The first-order valence-corrected chi connectivity index (χ1v) is 8.27. The molecule has 1 fully saturated rings. The van der Waals surface area contributed by atoms with Crippen LogP contribution in [0.1, 0.15) is 30.9 Å². The maximum absolute atomic E-state index is 13.5. The van der Waals surface area contributed by atoms with Crippen LogP contribution in [0, 0.1) is 31.5 Å². The molecule has 0 bridgehead atoms. The number of benzene rings is 1. The Labute approximate surface area is 119 Å². The molecule has 4 nitrogen and oxygen atoms in total. The van der Waals surface area contributed by atoms with Crippen molar-refractivity contribution in [3.63, 3.8) is 0 Å². The van der Waals surface area contributed by atoms with E-state index in [2.05, 4.69) is 4.72 Å². The highest BCUT2D eigenvalue weighted by atomic mass is 32.2. The zero-order valence-corrected chi connectivity index (χ0v) is 12.8. The summed E-state index contributed by atoms with van der Waals surface area (Å²) in [5, 5.41) is 0. The van der Waals surface area contributed by atoms with E-state index in [9.17, 15) is 12.8 Å². The summed E-state index contributed by atoms with van der Waals surface area (Å²) in [6, 6.07) is 1.17. The highest BCUT2D eigenvalue weighted by Gasteiger charge is 2.30. The molecule has 2 rings (SSSR count). The monoisotopic (exact) mass is 300 g/mol. The Morgan fingerprint density at radius 2 is 2.05 bits per heavy atom. The van der Waals surface area contributed by atoms with Crippen molar-refractivity contribution in [1.29, 1.82) is 0 Å². The van der Waals surface area contributed by atoms with Gasteiger partial charge in [0.1, 0.15) is 5.82 Å². The number of anilines is 1. The lowest BCUT2D eigenvalue weighted by Crippen LogP contribution is -2.30. The molecule has 1 aliphatic rings. The van der Waals surface area contributed by atoms with Gasteiger partial charge in [-0.05, 0) is 55.7 Å². The molecule has 0 aliphatic heterocycles. The number of halogens is 1. The molecular formula is C14H21FN2O2S. The molecule has 3 N–H and O–H groups in total. The van der Waals surface area contributed by atoms with Gasteiger partial charge in [0, 0.05) is 6.54 Å². The maximum atomic E-state index is 13.5. The Morgan fingerprint density at radius 1 is 1.45 bits per heavy atom. The van der Waals surface area contributed by atoms with Crippen molar-refractivity contribution in [2.45, 2.75) is 38.5 Å². The second kappa shape index (κ2) is 5.33. The molecule has 0 saturated heterocycles. The first-order chi connectivity index (χ1) is 9.24. The van der Waals surface area contributed by atoms with Gasteiger partial charge in [-0.2, -0.15) is 0 Å². The van der Waals surface area contributed by atoms with E-state index < -0.39 is 15.8 Å². The summed E-state index contributed by atoms with van der Waals surface area (Å²) in [6.07, 6.45) is 2.34. The molecule has 0 amide bonds. The van der Waals surface area contributed by atoms with Crippen LogP contribution in [0.2, 0.25) is 0 Å². The highest BCUT2D eigenvalue weighted by Crippen LogP contribution is 2.36. The number of hydrogen-bond acceptors (Lipinski definition) is 3. The van der Waals surface area contributed by atoms with Gasteiger partial charge in [0.05, 0.1) is 10.6 Å². The van der Waals surface area contributed by atoms with E-state index in [4.69, 9.17) is 5.73 Å². The Kier molecular flexibility index (Phi) is 4.07. The zero-order valence-electron chi connectivity index (χ0n) is 12.0. The van der Waals surface area contributed by atoms with E-state index in [1.54, 1.807) is 6.92 Å². The minimum absolute atomic E-state index is 0.0967. The second-order valence-corrected chi connectivity index (χ2v) is 7.41. The van der Waals surface area contributed by atoms with Gasteiger partial charge in [-0.25, -0.2) is 17.5 Å². The van der Waals surface area contributed by atoms with Gasteiger partial charge in [0.25, 0.3) is 0 Å². The van der Waals surface area contributed by atoms with Crippen molar-refractivity contribution in [3.05, 3.63) is 23.0 Å². The Morgan fingerprint density at radius 3 is 2.60 bits per heavy atom. The van der Waals surface area contributed by atoms with Crippen molar-refractivity contribution in [3.8, 4) is 0 Å². The van der Waals surface area contributed by atoms with Crippen LogP contribution in [-0.4, -0.2) is 15.0 Å². The first kappa shape index (κ1) is 15.3. The molecule has 6 heteroatoms. The number of rotatable bonds is 5. The van der Waals surface area contributed by atoms with Crippen molar-refractivity contribution >= 4 is 15.7 Å². The maximum Gasteiger partial charge on any atom is 0.241 e. The lowest BCUT2D eigenvalue weighted by Gasteiger charge is -2.16. The summed E-state index contributed by atoms with van der Waals surface area (Å²) in [5.41, 5.74) is 6.14. The van der Waals surface area contributed by atoms with E-state index in [0.29, 0.717) is 23.9 Å². The standard InChI is InChI=1S/C14H21FN2O2S/c1-8-6-12(15)13(16)10(3)14(8)20(18,19)17-7-9(2)11-4-5-11/h6,9,11,17H,4-5,7,16H2,1-3H3. The van der Waals surface area contributed by atoms with Crippen LogP contribution in [0.4, 0.5) is 10.1 Å². The Hall–Kier alpha value is -1.14. The number of hydrogen-bond donors (Lipinski definition) is 2. The molecule has 20 heavy (non-hydrogen) atoms. The fraction of sp³-hybridized carbons (Fsp3) is 0.571. The molecule has 1 atom stereocenters. The van der Waals surface area contributed by atoms with Crippen LogP contribution in [0.15, 0.2) is 11.0 Å². The number of nitrogen functional groups attached to an aromatic ring is 1. The van der Waals surface area contributed by atoms with Gasteiger partial charge < -0.3 is 5.73 Å². The summed E-state index contributed by atoms with van der Waals surface area (Å²) >= 11 is 0. The lowest BCUT2D eigenvalue weighted by atomic mass is 10.1. The van der Waals surface area contributed by atoms with Gasteiger partial charge in [-0.3, -0.25) is 0 Å². The van der Waals surface area contributed by atoms with E-state index in [0.717, 1.165) is 0 Å². The van der Waals surface area contributed by atoms with Gasteiger partial charge >= 0.3 is 0 Å². The van der Waals surface area contributed by atoms with Crippen LogP contribution in [-0.2, 0) is 10.0 Å². The summed E-state index contributed by atoms with van der Waals surface area (Å²) in [5.74, 6) is 0.367. The molecule has 1 aromatic carbocycles. The average molecular weight is 300 g/mol. The van der Waals surface area contributed by atoms with Crippen molar-refractivity contribution < 1.29 is 12.8 Å². The molecule has 1 aliphatic carbocycles. The minimum Gasteiger partial charge on any atom is -0.396 e. The minimum atomic E-state index is -3.66. The number of nitrogens with two attached hydrogens (primary N) is 1. The molecule has 0 heterocycles. The quantitative estimate of drug-likeness (QED) is 0.820. The van der Waals surface area contributed by atoms with Gasteiger partial charge in [0.15, 0.2) is 0 Å². The van der Waals surface area contributed by atoms with E-state index >= 15 is 0 Å². The van der Waals surface area contributed by atoms with Crippen LogP contribution in [0.3, 0.4) is 0 Å². The summed E-state index contributed by atoms with van der Waals surface area (Å²) in [6.45, 7) is 5.56. The number of sulfonamides is 1. The van der Waals surface area contributed by atoms with Crippen LogP contribution in [0.5, 0.6) is 0 Å². The fourth-order valence-electron chi connectivity index (χ4n) is 2.49. The number of nitrogens with one attached hydrogen (secondary N) is 1. The summed E-state index contributed by atoms with van der Waals surface area (Å²) < 4.78 is 40.9. The Balaban J connectivity index is 2.27. The second-order valence-electron chi connectivity index (χ2n) is 5.71. The molecule has 1 aromatic rings. The largest absolute Gasteiger partial charge is 0.396 e. The van der Waals surface area contributed by atoms with E-state index in [1.807, 2.05) is 6.92 Å². The third-order valence-corrected chi connectivity index (χ3v) is 5.71. The van der Waals surface area contributed by atoms with Crippen LogP contribution in [0.25, 0.3) is 0 Å². The van der Waals surface area contributed by atoms with Crippen LogP contribution < -0.4 is 10.5 Å². The third-order valence-electron chi connectivity index (χ3n) is 3.99. The highest BCUT2D eigenvalue weighted by molar-refractivity contribution is 7.89. The molecule has 1 saturated carbocycles.